The van der Waals surface area contributed by atoms with Crippen molar-refractivity contribution in [1.82, 2.24) is 4.98 Å². The van der Waals surface area contributed by atoms with Gasteiger partial charge in [-0.05, 0) is 101 Å². The first kappa shape index (κ1) is 35.9. The molecule has 8 heteroatoms. The van der Waals surface area contributed by atoms with Gasteiger partial charge in [0.15, 0.2) is 6.10 Å². The number of nitrogens with zero attached hydrogens (tertiary/aromatic N) is 2. The molecule has 0 N–H and O–H groups in total. The van der Waals surface area contributed by atoms with Gasteiger partial charge in [0.1, 0.15) is 11.6 Å². The third-order valence-corrected chi connectivity index (χ3v) is 8.24. The third-order valence-electron chi connectivity index (χ3n) is 8.24. The van der Waals surface area contributed by atoms with Crippen LogP contribution in [0.5, 0.6) is 5.75 Å². The lowest BCUT2D eigenvalue weighted by molar-refractivity contribution is -0.171. The SMILES string of the molecule is COC=Cc1nc(C)c([C@H](OC(C)(C)C)C(=O)OC(C)C)c(N2CCC(C)(C)CC2)c1-c1ccc(OCCc2ccc(F)cc2)cc1. The van der Waals surface area contributed by atoms with E-state index in [1.54, 1.807) is 25.5 Å². The summed E-state index contributed by atoms with van der Waals surface area (Å²) in [6, 6.07) is 14.4. The van der Waals surface area contributed by atoms with Crippen LogP contribution in [0.2, 0.25) is 0 Å². The Morgan fingerprint density at radius 1 is 1.04 bits per heavy atom. The molecule has 1 aliphatic heterocycles. The first-order valence-corrected chi connectivity index (χ1v) is 16.5. The van der Waals surface area contributed by atoms with Crippen molar-refractivity contribution in [2.45, 2.75) is 92.5 Å². The van der Waals surface area contributed by atoms with Crippen LogP contribution in [0.25, 0.3) is 17.2 Å². The molecule has 7 nitrogen and oxygen atoms in total. The van der Waals surface area contributed by atoms with E-state index in [2.05, 4.69) is 18.7 Å². The zero-order valence-electron chi connectivity index (χ0n) is 29.5. The highest BCUT2D eigenvalue weighted by molar-refractivity contribution is 5.91. The number of aromatic nitrogens is 1. The molecule has 0 radical (unpaired) electrons. The molecule has 0 spiro atoms. The van der Waals surface area contributed by atoms with E-state index >= 15 is 0 Å². The van der Waals surface area contributed by atoms with Crippen molar-refractivity contribution in [1.29, 1.82) is 0 Å². The van der Waals surface area contributed by atoms with Crippen LogP contribution in [0, 0.1) is 18.2 Å². The molecule has 0 bridgehead atoms. The Kier molecular flexibility index (Phi) is 11.7. The number of benzene rings is 2. The van der Waals surface area contributed by atoms with E-state index in [1.165, 1.54) is 12.1 Å². The summed E-state index contributed by atoms with van der Waals surface area (Å²) in [5.74, 6) is 0.0368. The maximum absolute atomic E-state index is 13.8. The molecule has 1 aromatic heterocycles. The number of hydrogen-bond acceptors (Lipinski definition) is 7. The van der Waals surface area contributed by atoms with Crippen molar-refractivity contribution in [3.05, 3.63) is 83.1 Å². The van der Waals surface area contributed by atoms with Gasteiger partial charge in [-0.3, -0.25) is 4.98 Å². The Morgan fingerprint density at radius 2 is 1.68 bits per heavy atom. The minimum atomic E-state index is -0.983. The normalized spacial score (nSPS) is 15.6. The van der Waals surface area contributed by atoms with Crippen molar-refractivity contribution in [3.63, 3.8) is 0 Å². The summed E-state index contributed by atoms with van der Waals surface area (Å²) in [4.78, 5) is 21.3. The Morgan fingerprint density at radius 3 is 2.26 bits per heavy atom. The molecule has 0 saturated carbocycles. The second-order valence-electron chi connectivity index (χ2n) is 14.3. The molecule has 254 valence electrons. The topological polar surface area (TPSA) is 70.1 Å². The summed E-state index contributed by atoms with van der Waals surface area (Å²) in [6.45, 7) is 18.2. The lowest BCUT2D eigenvalue weighted by atomic mass is 9.81. The number of carbonyl (C=O) groups excluding carboxylic acids is 1. The Labute approximate surface area is 280 Å². The van der Waals surface area contributed by atoms with Crippen LogP contribution in [0.4, 0.5) is 10.1 Å². The predicted octanol–water partition coefficient (Wildman–Crippen LogP) is 8.87. The number of pyridine rings is 1. The Bertz CT molecular complexity index is 1510. The van der Waals surface area contributed by atoms with Gasteiger partial charge in [-0.25, -0.2) is 9.18 Å². The van der Waals surface area contributed by atoms with E-state index in [1.807, 2.05) is 71.9 Å². The van der Waals surface area contributed by atoms with Crippen molar-refractivity contribution in [2.24, 2.45) is 5.41 Å². The Balaban J connectivity index is 1.84. The zero-order valence-corrected chi connectivity index (χ0v) is 29.5. The summed E-state index contributed by atoms with van der Waals surface area (Å²) in [5.41, 5.74) is 5.46. The van der Waals surface area contributed by atoms with E-state index in [0.717, 1.165) is 65.3 Å². The number of piperidine rings is 1. The molecule has 2 heterocycles. The summed E-state index contributed by atoms with van der Waals surface area (Å²) in [7, 11) is 1.61. The fourth-order valence-electron chi connectivity index (χ4n) is 5.77. The van der Waals surface area contributed by atoms with Gasteiger partial charge in [0.25, 0.3) is 0 Å². The molecule has 1 saturated heterocycles. The Hall–Kier alpha value is -3.91. The van der Waals surface area contributed by atoms with Crippen molar-refractivity contribution in [3.8, 4) is 16.9 Å². The number of methoxy groups -OCH3 is 1. The number of rotatable bonds is 12. The van der Waals surface area contributed by atoms with Crippen LogP contribution in [-0.4, -0.2) is 49.5 Å². The second-order valence-corrected chi connectivity index (χ2v) is 14.3. The summed E-state index contributed by atoms with van der Waals surface area (Å²) >= 11 is 0. The highest BCUT2D eigenvalue weighted by Crippen LogP contribution is 2.46. The van der Waals surface area contributed by atoms with Crippen LogP contribution < -0.4 is 9.64 Å². The summed E-state index contributed by atoms with van der Waals surface area (Å²) in [6.07, 6.45) is 4.86. The quantitative estimate of drug-likeness (QED) is 0.144. The van der Waals surface area contributed by atoms with E-state index in [-0.39, 0.29) is 17.3 Å². The number of carbonyl (C=O) groups is 1. The molecule has 1 atom stereocenters. The highest BCUT2D eigenvalue weighted by Gasteiger charge is 2.38. The van der Waals surface area contributed by atoms with Crippen LogP contribution >= 0.6 is 0 Å². The number of hydrogen-bond donors (Lipinski definition) is 0. The zero-order chi connectivity index (χ0) is 34.4. The first-order chi connectivity index (χ1) is 22.2. The van der Waals surface area contributed by atoms with Gasteiger partial charge in [-0.15, -0.1) is 0 Å². The van der Waals surface area contributed by atoms with Gasteiger partial charge in [0.05, 0.1) is 43.1 Å². The molecule has 4 rings (SSSR count). The molecule has 1 fully saturated rings. The van der Waals surface area contributed by atoms with Gasteiger partial charge in [0.2, 0.25) is 0 Å². The highest BCUT2D eigenvalue weighted by atomic mass is 19.1. The number of ether oxygens (including phenoxy) is 4. The summed E-state index contributed by atoms with van der Waals surface area (Å²) in [5, 5.41) is 0. The molecule has 0 aliphatic carbocycles. The van der Waals surface area contributed by atoms with E-state index < -0.39 is 17.7 Å². The van der Waals surface area contributed by atoms with E-state index in [9.17, 15) is 9.18 Å². The fraction of sp³-hybridized carbons (Fsp3) is 0.487. The van der Waals surface area contributed by atoms with Gasteiger partial charge >= 0.3 is 5.97 Å². The van der Waals surface area contributed by atoms with E-state index in [4.69, 9.17) is 23.9 Å². The predicted molar refractivity (Wildman–Crippen MR) is 186 cm³/mol. The molecule has 0 amide bonds. The smallest absolute Gasteiger partial charge is 0.340 e. The molecule has 47 heavy (non-hydrogen) atoms. The molecule has 3 aromatic rings. The third kappa shape index (κ3) is 9.80. The van der Waals surface area contributed by atoms with Crippen molar-refractivity contribution >= 4 is 17.7 Å². The average molecular weight is 647 g/mol. The molecule has 1 aliphatic rings. The number of halogens is 1. The van der Waals surface area contributed by atoms with Gasteiger partial charge < -0.3 is 23.8 Å². The monoisotopic (exact) mass is 646 g/mol. The standard InChI is InChI=1S/C39H51FN2O5/c1-26(2)46-37(43)36(47-38(4,5)6)33-27(3)41-32(19-24-44-9)34(35(33)42-22-20-39(7,8)21-23-42)29-12-16-31(17-13-29)45-25-18-28-10-14-30(40)15-11-28/h10-17,19,24,26,36H,18,20-23,25H2,1-9H3/t36-/m0/s1. The molecular weight excluding hydrogens is 595 g/mol. The van der Waals surface area contributed by atoms with Gasteiger partial charge in [-0.1, -0.05) is 38.1 Å². The lowest BCUT2D eigenvalue weighted by Gasteiger charge is -2.41. The molecule has 2 aromatic carbocycles. The number of anilines is 1. The fourth-order valence-corrected chi connectivity index (χ4v) is 5.77. The minimum absolute atomic E-state index is 0.211. The second kappa shape index (κ2) is 15.3. The van der Waals surface area contributed by atoms with Crippen LogP contribution in [0.15, 0.2) is 54.8 Å². The van der Waals surface area contributed by atoms with Gasteiger partial charge in [-0.2, -0.15) is 0 Å². The van der Waals surface area contributed by atoms with Crippen LogP contribution in [0.1, 0.15) is 89.9 Å². The largest absolute Gasteiger partial charge is 0.504 e. The van der Waals surface area contributed by atoms with Crippen molar-refractivity contribution < 1.29 is 28.1 Å². The van der Waals surface area contributed by atoms with Gasteiger partial charge in [0, 0.05) is 36.3 Å². The van der Waals surface area contributed by atoms with Crippen molar-refractivity contribution in [2.75, 3.05) is 31.7 Å². The first-order valence-electron chi connectivity index (χ1n) is 16.5. The van der Waals surface area contributed by atoms with E-state index in [0.29, 0.717) is 18.7 Å². The molecule has 0 unspecified atom stereocenters. The lowest BCUT2D eigenvalue weighted by Crippen LogP contribution is -2.39. The molecular formula is C39H51FN2O5. The summed E-state index contributed by atoms with van der Waals surface area (Å²) < 4.78 is 37.0. The minimum Gasteiger partial charge on any atom is -0.504 e. The maximum Gasteiger partial charge on any atom is 0.340 e. The number of esters is 1. The average Bonchev–Trinajstić information content (AvgIpc) is 2.99. The maximum atomic E-state index is 13.8. The van der Waals surface area contributed by atoms with Crippen LogP contribution in [0.3, 0.4) is 0 Å². The number of aryl methyl sites for hydroxylation is 1. The van der Waals surface area contributed by atoms with Crippen LogP contribution in [-0.2, 0) is 25.4 Å².